The van der Waals surface area contributed by atoms with Crippen molar-refractivity contribution < 1.29 is 12.9 Å². The van der Waals surface area contributed by atoms with Crippen molar-refractivity contribution in [3.63, 3.8) is 0 Å². The number of nitrogens with zero attached hydrogens (tertiary/aromatic N) is 5. The summed E-state index contributed by atoms with van der Waals surface area (Å²) in [5.74, 6) is 0.350. The smallest absolute Gasteiger partial charge is 0.166 e. The van der Waals surface area contributed by atoms with E-state index < -0.39 is 9.84 Å². The minimum absolute atomic E-state index is 0.184. The van der Waals surface area contributed by atoms with E-state index in [0.29, 0.717) is 17.3 Å². The van der Waals surface area contributed by atoms with Gasteiger partial charge in [-0.3, -0.25) is 0 Å². The van der Waals surface area contributed by atoms with E-state index in [0.717, 1.165) is 12.8 Å². The average molecular weight is 283 g/mol. The van der Waals surface area contributed by atoms with Crippen LogP contribution in [0.5, 0.6) is 0 Å². The molecule has 102 valence electrons. The number of aromatic nitrogens is 5. The predicted molar refractivity (Wildman–Crippen MR) is 63.7 cm³/mol. The van der Waals surface area contributed by atoms with Crippen LogP contribution in [0.4, 0.5) is 0 Å². The van der Waals surface area contributed by atoms with Gasteiger partial charge in [-0.1, -0.05) is 5.16 Å². The zero-order valence-corrected chi connectivity index (χ0v) is 11.2. The van der Waals surface area contributed by atoms with Crippen molar-refractivity contribution in [3.05, 3.63) is 23.3 Å². The van der Waals surface area contributed by atoms with Gasteiger partial charge >= 0.3 is 0 Å². The number of rotatable bonds is 5. The first-order chi connectivity index (χ1) is 9.03. The van der Waals surface area contributed by atoms with Gasteiger partial charge in [0.05, 0.1) is 11.7 Å². The summed E-state index contributed by atoms with van der Waals surface area (Å²) in [6, 6.07) is 1.87. The molecule has 0 aromatic carbocycles. The lowest BCUT2D eigenvalue weighted by atomic mass is 10.4. The second-order valence-electron chi connectivity index (χ2n) is 4.74. The van der Waals surface area contributed by atoms with Gasteiger partial charge < -0.3 is 4.52 Å². The van der Waals surface area contributed by atoms with E-state index in [9.17, 15) is 8.42 Å². The van der Waals surface area contributed by atoms with Crippen LogP contribution in [-0.4, -0.2) is 33.8 Å². The van der Waals surface area contributed by atoms with E-state index in [1.54, 1.807) is 17.7 Å². The molecule has 3 rings (SSSR count). The molecule has 0 amide bonds. The van der Waals surface area contributed by atoms with E-state index in [2.05, 4.69) is 20.7 Å². The van der Waals surface area contributed by atoms with Gasteiger partial charge in [0.25, 0.3) is 0 Å². The quantitative estimate of drug-likeness (QED) is 0.783. The number of aryl methyl sites for hydroxylation is 1. The molecule has 0 atom stereocenters. The maximum atomic E-state index is 12.1. The molecule has 0 saturated heterocycles. The second kappa shape index (κ2) is 4.41. The Kier molecular flexibility index (Phi) is 2.85. The van der Waals surface area contributed by atoms with Crippen molar-refractivity contribution in [1.82, 2.24) is 25.4 Å². The highest BCUT2D eigenvalue weighted by atomic mass is 32.2. The Hall–Kier alpha value is -1.77. The van der Waals surface area contributed by atoms with Crippen molar-refractivity contribution in [1.29, 1.82) is 0 Å². The summed E-state index contributed by atoms with van der Waals surface area (Å²) in [4.78, 5) is 0. The number of hydrogen-bond acceptors (Lipinski definition) is 7. The molecule has 8 nitrogen and oxygen atoms in total. The standard InChI is InChI=1S/C10H13N5O3S/c1-7-4-9(18-12-7)5-19(16,17)6-10-11-13-14-15(10)8-2-3-8/h4,8H,2-3,5-6H2,1H3. The summed E-state index contributed by atoms with van der Waals surface area (Å²) >= 11 is 0. The number of tetrazole rings is 1. The van der Waals surface area contributed by atoms with Crippen LogP contribution in [0.3, 0.4) is 0 Å². The lowest BCUT2D eigenvalue weighted by Gasteiger charge is -2.02. The van der Waals surface area contributed by atoms with E-state index >= 15 is 0 Å². The maximum Gasteiger partial charge on any atom is 0.166 e. The highest BCUT2D eigenvalue weighted by Crippen LogP contribution is 2.34. The Bertz CT molecular complexity index is 686. The fraction of sp³-hybridized carbons (Fsp3) is 0.600. The molecular formula is C10H13N5O3S. The summed E-state index contributed by atoms with van der Waals surface area (Å²) in [6.07, 6.45) is 2.00. The maximum absolute atomic E-state index is 12.1. The lowest BCUT2D eigenvalue weighted by molar-refractivity contribution is 0.388. The highest BCUT2D eigenvalue weighted by Gasteiger charge is 2.29. The van der Waals surface area contributed by atoms with Crippen LogP contribution in [0.25, 0.3) is 0 Å². The largest absolute Gasteiger partial charge is 0.360 e. The Morgan fingerprint density at radius 1 is 1.42 bits per heavy atom. The molecule has 0 N–H and O–H groups in total. The first-order valence-electron chi connectivity index (χ1n) is 5.93. The molecule has 2 aromatic heterocycles. The minimum Gasteiger partial charge on any atom is -0.360 e. The first kappa shape index (κ1) is 12.3. The van der Waals surface area contributed by atoms with Crippen molar-refractivity contribution in [2.75, 3.05) is 0 Å². The zero-order chi connectivity index (χ0) is 13.5. The minimum atomic E-state index is -3.37. The third-order valence-electron chi connectivity index (χ3n) is 2.84. The van der Waals surface area contributed by atoms with E-state index in [-0.39, 0.29) is 17.5 Å². The molecule has 19 heavy (non-hydrogen) atoms. The molecule has 2 heterocycles. The Balaban J connectivity index is 1.75. The van der Waals surface area contributed by atoms with E-state index in [4.69, 9.17) is 4.52 Å². The SMILES string of the molecule is Cc1cc(CS(=O)(=O)Cc2nnnn2C2CC2)on1. The van der Waals surface area contributed by atoms with Gasteiger partial charge in [0.2, 0.25) is 0 Å². The summed E-state index contributed by atoms with van der Waals surface area (Å²) in [5, 5.41) is 14.8. The van der Waals surface area contributed by atoms with E-state index in [1.165, 1.54) is 0 Å². The highest BCUT2D eigenvalue weighted by molar-refractivity contribution is 7.89. The van der Waals surface area contributed by atoms with Crippen LogP contribution in [0.2, 0.25) is 0 Å². The lowest BCUT2D eigenvalue weighted by Crippen LogP contribution is -2.12. The first-order valence-corrected chi connectivity index (χ1v) is 7.75. The third-order valence-corrected chi connectivity index (χ3v) is 4.26. The Labute approximate surface area is 109 Å². The van der Waals surface area contributed by atoms with Crippen LogP contribution < -0.4 is 0 Å². The molecule has 1 aliphatic carbocycles. The summed E-state index contributed by atoms with van der Waals surface area (Å²) in [7, 11) is -3.37. The van der Waals surface area contributed by atoms with Gasteiger partial charge in [0.1, 0.15) is 11.5 Å². The van der Waals surface area contributed by atoms with Crippen LogP contribution in [0, 0.1) is 6.92 Å². The molecule has 0 bridgehead atoms. The van der Waals surface area contributed by atoms with Crippen molar-refractivity contribution in [2.45, 2.75) is 37.3 Å². The van der Waals surface area contributed by atoms with Gasteiger partial charge in [0, 0.05) is 6.07 Å². The van der Waals surface area contributed by atoms with Crippen LogP contribution in [0.15, 0.2) is 10.6 Å². The molecule has 1 fully saturated rings. The predicted octanol–water partition coefficient (Wildman–Crippen LogP) is 0.419. The molecule has 1 aliphatic rings. The number of hydrogen-bond donors (Lipinski definition) is 0. The van der Waals surface area contributed by atoms with Crippen LogP contribution in [-0.2, 0) is 21.3 Å². The van der Waals surface area contributed by atoms with Gasteiger partial charge in [-0.25, -0.2) is 13.1 Å². The van der Waals surface area contributed by atoms with Crippen LogP contribution in [0.1, 0.15) is 36.2 Å². The summed E-state index contributed by atoms with van der Waals surface area (Å²) < 4.78 is 30.7. The van der Waals surface area contributed by atoms with Crippen LogP contribution >= 0.6 is 0 Å². The van der Waals surface area contributed by atoms with Gasteiger partial charge in [-0.15, -0.1) is 5.10 Å². The topological polar surface area (TPSA) is 104 Å². The monoisotopic (exact) mass is 283 g/mol. The van der Waals surface area contributed by atoms with Gasteiger partial charge in [-0.05, 0) is 30.2 Å². The van der Waals surface area contributed by atoms with Crippen molar-refractivity contribution in [2.24, 2.45) is 0 Å². The average Bonchev–Trinajstić information content (AvgIpc) is 2.94. The van der Waals surface area contributed by atoms with Gasteiger partial charge in [0.15, 0.2) is 21.4 Å². The Morgan fingerprint density at radius 2 is 2.21 bits per heavy atom. The van der Waals surface area contributed by atoms with Gasteiger partial charge in [-0.2, -0.15) is 0 Å². The molecule has 0 unspecified atom stereocenters. The Morgan fingerprint density at radius 3 is 2.84 bits per heavy atom. The fourth-order valence-electron chi connectivity index (χ4n) is 1.86. The molecule has 2 aromatic rings. The third kappa shape index (κ3) is 2.80. The molecule has 9 heteroatoms. The molecular weight excluding hydrogens is 270 g/mol. The van der Waals surface area contributed by atoms with E-state index in [1.807, 2.05) is 0 Å². The summed E-state index contributed by atoms with van der Waals surface area (Å²) in [5.41, 5.74) is 0.660. The number of sulfone groups is 1. The molecule has 0 aliphatic heterocycles. The second-order valence-corrected chi connectivity index (χ2v) is 6.80. The normalized spacial score (nSPS) is 15.8. The molecule has 1 saturated carbocycles. The zero-order valence-electron chi connectivity index (χ0n) is 10.4. The van der Waals surface area contributed by atoms with Crippen molar-refractivity contribution >= 4 is 9.84 Å². The molecule has 0 spiro atoms. The fourth-order valence-corrected chi connectivity index (χ4v) is 3.11. The molecule has 0 radical (unpaired) electrons. The summed E-state index contributed by atoms with van der Waals surface area (Å²) in [6.45, 7) is 1.74. The van der Waals surface area contributed by atoms with Crippen molar-refractivity contribution in [3.8, 4) is 0 Å².